The van der Waals surface area contributed by atoms with E-state index in [1.807, 2.05) is 181 Å². The summed E-state index contributed by atoms with van der Waals surface area (Å²) in [5, 5.41) is 32.6. The number of piperazine rings is 5. The number of rotatable bonds is 31. The highest BCUT2D eigenvalue weighted by molar-refractivity contribution is 9.10. The Kier molecular flexibility index (Phi) is 51.1. The number of hydrogen-bond donors (Lipinski definition) is 8. The summed E-state index contributed by atoms with van der Waals surface area (Å²) in [4.78, 5) is 125. The maximum absolute atomic E-state index is 13.9. The summed E-state index contributed by atoms with van der Waals surface area (Å²) in [6, 6.07) is 59.7. The highest BCUT2D eigenvalue weighted by Crippen LogP contribution is 2.33. The van der Waals surface area contributed by atoms with Crippen LogP contribution in [0, 0.1) is 23.3 Å². The quantitative estimate of drug-likeness (QED) is 0.00867. The molecule has 5 atom stereocenters. The third-order valence-electron chi connectivity index (χ3n) is 26.0. The van der Waals surface area contributed by atoms with Crippen molar-refractivity contribution in [3.63, 3.8) is 0 Å². The molecule has 0 spiro atoms. The molecule has 0 radical (unpaired) electrons. The number of carbonyl (C=O) groups excluding carboxylic acids is 8. The summed E-state index contributed by atoms with van der Waals surface area (Å²) in [7, 11) is 16.6. The lowest BCUT2D eigenvalue weighted by Gasteiger charge is -2.38. The highest BCUT2D eigenvalue weighted by atomic mass is 79.9. The van der Waals surface area contributed by atoms with Crippen LogP contribution in [0.3, 0.4) is 0 Å². The highest BCUT2D eigenvalue weighted by Gasteiger charge is 2.43. The lowest BCUT2D eigenvalue weighted by atomic mass is 9.80. The summed E-state index contributed by atoms with van der Waals surface area (Å²) in [5.74, 6) is -2.46. The van der Waals surface area contributed by atoms with Gasteiger partial charge in [-0.25, -0.2) is 27.2 Å². The molecule has 14 rings (SSSR count). The van der Waals surface area contributed by atoms with Gasteiger partial charge in [0.15, 0.2) is 28.9 Å². The summed E-state index contributed by atoms with van der Waals surface area (Å²) in [5.41, 5.74) is 8.01. The first-order chi connectivity index (χ1) is 68.1. The molecule has 25 nitrogen and oxygen atoms in total. The van der Waals surface area contributed by atoms with Crippen LogP contribution >= 0.6 is 31.9 Å². The van der Waals surface area contributed by atoms with Gasteiger partial charge in [-0.05, 0) is 300 Å². The number of esters is 1. The second kappa shape index (κ2) is 61.4. The molecular formula is C111H146Br2F4N14O11. The van der Waals surface area contributed by atoms with Crippen molar-refractivity contribution in [3.05, 3.63) is 314 Å². The number of ether oxygens (including phenoxy) is 1. The van der Waals surface area contributed by atoms with Gasteiger partial charge in [0, 0.05) is 181 Å². The van der Waals surface area contributed by atoms with Gasteiger partial charge in [0.05, 0.1) is 45.7 Å². The van der Waals surface area contributed by atoms with Crippen LogP contribution in [0.15, 0.2) is 218 Å². The number of ketones is 5. The van der Waals surface area contributed by atoms with Gasteiger partial charge >= 0.3 is 11.9 Å². The summed E-state index contributed by atoms with van der Waals surface area (Å²) in [6.07, 6.45) is 4.90. The minimum Gasteiger partial charge on any atom is -0.478 e. The molecule has 0 aliphatic carbocycles. The van der Waals surface area contributed by atoms with Crippen LogP contribution in [0.2, 0.25) is 0 Å². The molecule has 768 valence electrons. The number of amides is 2. The molecule has 9 aromatic carbocycles. The Morgan fingerprint density at radius 3 is 0.866 bits per heavy atom. The summed E-state index contributed by atoms with van der Waals surface area (Å²) >= 11 is 6.57. The third kappa shape index (κ3) is 35.9. The van der Waals surface area contributed by atoms with E-state index in [1.165, 1.54) is 110 Å². The van der Waals surface area contributed by atoms with E-state index in [1.54, 1.807) is 36.4 Å². The molecule has 0 aromatic heterocycles. The molecule has 5 fully saturated rings. The van der Waals surface area contributed by atoms with Crippen LogP contribution < -0.4 is 42.1 Å². The number of hydrogen-bond acceptors (Lipinski definition) is 22. The van der Waals surface area contributed by atoms with E-state index < -0.39 is 22.6 Å². The first-order valence-corrected chi connectivity index (χ1v) is 50.8. The number of carboxylic acids is 1. The molecule has 5 unspecified atom stereocenters. The molecule has 0 saturated carbocycles. The van der Waals surface area contributed by atoms with E-state index in [-0.39, 0.29) is 86.4 Å². The normalized spacial score (nSPS) is 15.7. The number of carbonyl (C=O) groups is 9. The molecule has 0 bridgehead atoms. The molecule has 5 aliphatic rings. The first kappa shape index (κ1) is 118. The Morgan fingerprint density at radius 2 is 0.606 bits per heavy atom. The van der Waals surface area contributed by atoms with Crippen molar-refractivity contribution in [1.29, 1.82) is 0 Å². The van der Waals surface area contributed by atoms with Crippen molar-refractivity contribution >= 4 is 90.2 Å². The third-order valence-corrected chi connectivity index (χ3v) is 27.7. The van der Waals surface area contributed by atoms with Crippen LogP contribution in [-0.4, -0.2) is 309 Å². The van der Waals surface area contributed by atoms with Gasteiger partial charge in [-0.15, -0.1) is 0 Å². The average molecular weight is 2090 g/mol. The van der Waals surface area contributed by atoms with Gasteiger partial charge < -0.3 is 61.8 Å². The number of benzene rings is 9. The van der Waals surface area contributed by atoms with Crippen molar-refractivity contribution in [3.8, 4) is 0 Å². The number of nitrogens with zero attached hydrogens (tertiary/aromatic N) is 7. The van der Waals surface area contributed by atoms with Gasteiger partial charge in [0.2, 0.25) is 0 Å². The van der Waals surface area contributed by atoms with Crippen LogP contribution in [0.4, 0.5) is 23.2 Å². The fourth-order valence-corrected chi connectivity index (χ4v) is 17.6. The molecule has 2 amide bonds. The largest absolute Gasteiger partial charge is 0.478 e. The number of Topliss-reactive ketones (excluding diaryl/α,β-unsaturated/α-hetero) is 5. The summed E-state index contributed by atoms with van der Waals surface area (Å²) < 4.78 is 56.2. The number of anilines is 1. The zero-order chi connectivity index (χ0) is 104. The SMILES string of the molecule is C1CNCCN1.C1CNCCN1.CCC(Br)C(=O)c1ccc(F)cc1.CCC(C(=O)c1ccc(F)cc1)N(C)C.CCC(Cc1ccc(C(=O)N2CCNCC2)cc1)(C(=O)c1ccc(F)cc1)N(C)C.CCC(Cc1ccc(C(=O)N2CCNCC2)cc1)(C(=O)c1ccc(N2CCNCC2)cc1)N(C)C.CCC(Cc1ccc(C(=O)O)cc1)(C(=O)c1ccc(F)cc1)N(C)C.COC(=O)c1ccc(CBr)cc1. The molecule has 5 heterocycles. The first-order valence-electron chi connectivity index (χ1n) is 48.8. The van der Waals surface area contributed by atoms with Gasteiger partial charge in [0.25, 0.3) is 11.8 Å². The predicted molar refractivity (Wildman–Crippen MR) is 567 cm³/mol. The van der Waals surface area contributed by atoms with Crippen molar-refractivity contribution in [2.75, 3.05) is 199 Å². The van der Waals surface area contributed by atoms with Gasteiger partial charge in [-0.3, -0.25) is 53.2 Å². The minimum absolute atomic E-state index is 0.00231. The van der Waals surface area contributed by atoms with E-state index in [9.17, 15) is 60.7 Å². The van der Waals surface area contributed by atoms with E-state index in [4.69, 9.17) is 5.11 Å². The number of likely N-dealkylation sites (N-methyl/N-ethyl adjacent to an activating group) is 4. The van der Waals surface area contributed by atoms with Crippen molar-refractivity contribution < 1.29 is 70.6 Å². The van der Waals surface area contributed by atoms with Crippen molar-refractivity contribution in [1.82, 2.24) is 66.6 Å². The van der Waals surface area contributed by atoms with E-state index in [0.717, 1.165) is 164 Å². The zero-order valence-corrected chi connectivity index (χ0v) is 88.0. The van der Waals surface area contributed by atoms with Gasteiger partial charge in [-0.1, -0.05) is 115 Å². The second-order valence-corrected chi connectivity index (χ2v) is 37.6. The number of alkyl halides is 2. The number of halogens is 6. The van der Waals surface area contributed by atoms with Crippen LogP contribution in [0.25, 0.3) is 0 Å². The fraction of sp³-hybridized carbons (Fsp3) is 0.432. The van der Waals surface area contributed by atoms with E-state index >= 15 is 0 Å². The Hall–Kier alpha value is -10.8. The zero-order valence-electron chi connectivity index (χ0n) is 84.9. The molecule has 142 heavy (non-hydrogen) atoms. The lowest BCUT2D eigenvalue weighted by molar-refractivity contribution is 0.0597. The van der Waals surface area contributed by atoms with Crippen molar-refractivity contribution in [2.45, 2.75) is 119 Å². The van der Waals surface area contributed by atoms with Crippen LogP contribution in [-0.2, 0) is 29.3 Å². The maximum atomic E-state index is 13.9. The number of aromatic carboxylic acids is 1. The molecule has 9 aromatic rings. The number of carboxylic acid groups (broad SMARTS) is 1. The molecular weight excluding hydrogens is 1940 g/mol. The minimum atomic E-state index is -0.983. The predicted octanol–water partition coefficient (Wildman–Crippen LogP) is 15.2. The van der Waals surface area contributed by atoms with Crippen LogP contribution in [0.1, 0.15) is 182 Å². The monoisotopic (exact) mass is 2080 g/mol. The number of nitrogens with one attached hydrogen (secondary N) is 7. The van der Waals surface area contributed by atoms with Crippen molar-refractivity contribution in [2.24, 2.45) is 0 Å². The Balaban J connectivity index is 0.000000234. The Bertz CT molecular complexity index is 5310. The topological polar surface area (TPSA) is 290 Å². The molecule has 5 saturated heterocycles. The van der Waals surface area contributed by atoms with Gasteiger partial charge in [0.1, 0.15) is 23.3 Å². The molecule has 8 N–H and O–H groups in total. The Morgan fingerprint density at radius 1 is 0.345 bits per heavy atom. The second-order valence-electron chi connectivity index (χ2n) is 36.0. The standard InChI is InChI=1S/C28H39N5O2.C24H30FN3O2.C20H22FNO3.C12H16FNO.C10H10BrFO.C9H9BrO2.2C4H10N2/c1-4-28(31(2)3,26(34)23-9-11-25(12-10-23)32-17-13-29-14-18-32)21-22-5-7-24(8-6-22)27(35)33-19-15-30-16-20-33;1-4-24(27(2)3,22(29)19-9-11-21(25)12-10-19)17-18-5-7-20(8-6-18)23(30)28-15-13-26-14-16-28;1-4-20(22(2)3,18(23)15-9-11-17(21)12-10-15)13-14-5-7-16(8-6-14)19(24)25;1-4-11(14(2)3)12(15)9-5-7-10(13)8-6-9;1-2-9(11)10(13)7-3-5-8(12)6-4-7;1-12-9(11)8-4-2-7(6-10)3-5-8;2*1-2-6-4-3-5-1/h5-12,29-30H,4,13-21H2,1-3H3;5-12,26H,4,13-17H2,1-3H3;5-12H,4,13H2,1-3H3,(H,24,25);5-8,11H,4H2,1-3H3;3-6,9H,2H2,1H3;2-5H,6H2,1H3;2*5-6H,1-4H2. The Labute approximate surface area is 854 Å². The van der Waals surface area contributed by atoms with E-state index in [0.29, 0.717) is 90.6 Å². The smallest absolute Gasteiger partial charge is 0.337 e. The maximum Gasteiger partial charge on any atom is 0.337 e. The van der Waals surface area contributed by atoms with Crippen LogP contribution in [0.5, 0.6) is 0 Å². The number of methoxy groups -OCH3 is 1. The molecule has 31 heteroatoms. The summed E-state index contributed by atoms with van der Waals surface area (Å²) in [6.45, 7) is 29.2. The lowest BCUT2D eigenvalue weighted by Crippen LogP contribution is -2.52. The van der Waals surface area contributed by atoms with Gasteiger partial charge in [-0.2, -0.15) is 0 Å². The molecule has 5 aliphatic heterocycles. The fourth-order valence-electron chi connectivity index (χ4n) is 16.9. The van der Waals surface area contributed by atoms with E-state index in [2.05, 4.69) is 103 Å². The average Bonchev–Trinajstić information content (AvgIpc) is 0.786.